The van der Waals surface area contributed by atoms with Crippen LogP contribution in [-0.4, -0.2) is 52.5 Å². The number of ether oxygens (including phenoxy) is 4. The van der Waals surface area contributed by atoms with Crippen molar-refractivity contribution in [1.82, 2.24) is 10.7 Å². The molecule has 0 saturated heterocycles. The molecule has 2 aromatic rings. The third kappa shape index (κ3) is 6.49. The molecule has 9 heteroatoms. The zero-order valence-electron chi connectivity index (χ0n) is 17.6. The highest BCUT2D eigenvalue weighted by molar-refractivity contribution is 5.97. The maximum absolute atomic E-state index is 12.4. The Morgan fingerprint density at radius 1 is 1.03 bits per heavy atom. The van der Waals surface area contributed by atoms with Gasteiger partial charge < -0.3 is 24.3 Å². The second-order valence-electron chi connectivity index (χ2n) is 6.03. The number of hydrogen-bond acceptors (Lipinski definition) is 7. The van der Waals surface area contributed by atoms with Gasteiger partial charge in [0.25, 0.3) is 11.8 Å². The lowest BCUT2D eigenvalue weighted by atomic mass is 10.1. The third-order valence-electron chi connectivity index (χ3n) is 4.01. The van der Waals surface area contributed by atoms with Gasteiger partial charge in [-0.25, -0.2) is 5.43 Å². The molecule has 2 aromatic carbocycles. The van der Waals surface area contributed by atoms with E-state index in [0.717, 1.165) is 0 Å². The second kappa shape index (κ2) is 11.9. The normalized spacial score (nSPS) is 10.3. The average Bonchev–Trinajstić information content (AvgIpc) is 2.80. The molecule has 31 heavy (non-hydrogen) atoms. The Morgan fingerprint density at radius 2 is 1.71 bits per heavy atom. The highest BCUT2D eigenvalue weighted by Gasteiger charge is 2.17. The highest BCUT2D eigenvalue weighted by atomic mass is 16.5. The summed E-state index contributed by atoms with van der Waals surface area (Å²) in [5.41, 5.74) is 3.29. The van der Waals surface area contributed by atoms with E-state index < -0.39 is 11.8 Å². The topological polar surface area (TPSA) is 107 Å². The van der Waals surface area contributed by atoms with Crippen molar-refractivity contribution in [2.45, 2.75) is 0 Å². The van der Waals surface area contributed by atoms with Gasteiger partial charge in [0.05, 0.1) is 34.1 Å². The number of para-hydroxylation sites is 1. The van der Waals surface area contributed by atoms with Crippen molar-refractivity contribution in [2.24, 2.45) is 5.10 Å². The van der Waals surface area contributed by atoms with Gasteiger partial charge in [-0.05, 0) is 24.3 Å². The lowest BCUT2D eigenvalue weighted by Crippen LogP contribution is -2.35. The van der Waals surface area contributed by atoms with E-state index in [0.29, 0.717) is 35.2 Å². The molecular weight excluding hydrogens is 402 g/mol. The fraction of sp³-hybridized carbons (Fsp3) is 0.227. The van der Waals surface area contributed by atoms with Crippen LogP contribution in [0.2, 0.25) is 0 Å². The van der Waals surface area contributed by atoms with Crippen molar-refractivity contribution >= 4 is 18.0 Å². The molecule has 164 valence electrons. The predicted octanol–water partition coefficient (Wildman–Crippen LogP) is 2.16. The molecule has 9 nitrogen and oxygen atoms in total. The van der Waals surface area contributed by atoms with Crippen LogP contribution in [0.25, 0.3) is 0 Å². The fourth-order valence-electron chi connectivity index (χ4n) is 2.56. The van der Waals surface area contributed by atoms with E-state index in [-0.39, 0.29) is 12.1 Å². The molecule has 0 heterocycles. The number of nitrogens with one attached hydrogen (secondary N) is 2. The van der Waals surface area contributed by atoms with Crippen LogP contribution in [-0.2, 0) is 4.79 Å². The minimum Gasteiger partial charge on any atom is -0.493 e. The predicted molar refractivity (Wildman–Crippen MR) is 116 cm³/mol. The van der Waals surface area contributed by atoms with Crippen LogP contribution in [0, 0.1) is 0 Å². The number of carbonyl (C=O) groups excluding carboxylic acids is 2. The van der Waals surface area contributed by atoms with Crippen LogP contribution in [0.15, 0.2) is 54.2 Å². The molecule has 0 saturated carbocycles. The number of methoxy groups -OCH3 is 3. The van der Waals surface area contributed by atoms with Gasteiger partial charge in [-0.15, -0.1) is 0 Å². The average molecular weight is 427 g/mol. The van der Waals surface area contributed by atoms with Gasteiger partial charge in [0.2, 0.25) is 5.75 Å². The van der Waals surface area contributed by atoms with Crippen LogP contribution in [0.1, 0.15) is 15.9 Å². The Morgan fingerprint density at radius 3 is 2.32 bits per heavy atom. The summed E-state index contributed by atoms with van der Waals surface area (Å²) in [6.45, 7) is 3.68. The Labute approximate surface area is 180 Å². The Hall–Kier alpha value is -4.01. The summed E-state index contributed by atoms with van der Waals surface area (Å²) in [6, 6.07) is 10.2. The van der Waals surface area contributed by atoms with Gasteiger partial charge in [-0.3, -0.25) is 9.59 Å². The smallest absolute Gasteiger partial charge is 0.259 e. The minimum atomic E-state index is -0.499. The van der Waals surface area contributed by atoms with E-state index in [1.807, 2.05) is 12.1 Å². The molecule has 0 aromatic heterocycles. The summed E-state index contributed by atoms with van der Waals surface area (Å²) < 4.78 is 21.2. The molecule has 0 aliphatic rings. The van der Waals surface area contributed by atoms with E-state index in [2.05, 4.69) is 22.4 Å². The van der Waals surface area contributed by atoms with E-state index in [4.69, 9.17) is 18.9 Å². The maximum atomic E-state index is 12.4. The molecule has 0 aliphatic carbocycles. The Kier molecular flexibility index (Phi) is 8.90. The molecule has 0 aliphatic heterocycles. The van der Waals surface area contributed by atoms with Crippen molar-refractivity contribution in [3.05, 3.63) is 60.2 Å². The van der Waals surface area contributed by atoms with E-state index in [1.54, 1.807) is 18.2 Å². The molecule has 0 bridgehead atoms. The third-order valence-corrected chi connectivity index (χ3v) is 4.01. The first-order valence-corrected chi connectivity index (χ1v) is 9.26. The first-order valence-electron chi connectivity index (χ1n) is 9.26. The molecule has 0 spiro atoms. The number of amides is 2. The van der Waals surface area contributed by atoms with E-state index in [9.17, 15) is 9.59 Å². The SMILES string of the molecule is C=CCOc1ccccc1/C=N\NC(=O)CNC(=O)c1cc(OC)c(OC)c(OC)c1. The van der Waals surface area contributed by atoms with E-state index in [1.165, 1.54) is 39.7 Å². The summed E-state index contributed by atoms with van der Waals surface area (Å²) in [5.74, 6) is 0.655. The number of rotatable bonds is 11. The van der Waals surface area contributed by atoms with Gasteiger partial charge in [-0.1, -0.05) is 24.8 Å². The van der Waals surface area contributed by atoms with Gasteiger partial charge >= 0.3 is 0 Å². The molecule has 2 amide bonds. The molecule has 0 radical (unpaired) electrons. The highest BCUT2D eigenvalue weighted by Crippen LogP contribution is 2.38. The first-order chi connectivity index (χ1) is 15.0. The standard InChI is InChI=1S/C22H25N3O6/c1-5-10-31-17-9-7-6-8-15(17)13-24-25-20(26)14-23-22(27)16-11-18(28-2)21(30-4)19(12-16)29-3/h5-9,11-13H,1,10,14H2,2-4H3,(H,23,27)(H,25,26)/b24-13-. The summed E-state index contributed by atoms with van der Waals surface area (Å²) in [6.07, 6.45) is 3.09. The van der Waals surface area contributed by atoms with Gasteiger partial charge in [0.15, 0.2) is 11.5 Å². The Balaban J connectivity index is 1.95. The van der Waals surface area contributed by atoms with Crippen molar-refractivity contribution in [3.63, 3.8) is 0 Å². The van der Waals surface area contributed by atoms with Crippen LogP contribution >= 0.6 is 0 Å². The van der Waals surface area contributed by atoms with Gasteiger partial charge in [-0.2, -0.15) is 5.10 Å². The number of benzene rings is 2. The minimum absolute atomic E-state index is 0.249. The number of hydrazone groups is 1. The first kappa shape index (κ1) is 23.3. The zero-order chi connectivity index (χ0) is 22.6. The van der Waals surface area contributed by atoms with Crippen molar-refractivity contribution in [1.29, 1.82) is 0 Å². The van der Waals surface area contributed by atoms with Crippen LogP contribution in [0.3, 0.4) is 0 Å². The molecule has 0 atom stereocenters. The largest absolute Gasteiger partial charge is 0.493 e. The molecule has 2 rings (SSSR count). The summed E-state index contributed by atoms with van der Waals surface area (Å²) in [4.78, 5) is 24.4. The molecular formula is C22H25N3O6. The van der Waals surface area contributed by atoms with Crippen molar-refractivity contribution in [3.8, 4) is 23.0 Å². The lowest BCUT2D eigenvalue weighted by Gasteiger charge is -2.14. The Bertz CT molecular complexity index is 933. The molecule has 0 unspecified atom stereocenters. The summed E-state index contributed by atoms with van der Waals surface area (Å²) in [7, 11) is 4.37. The lowest BCUT2D eigenvalue weighted by molar-refractivity contribution is -0.120. The van der Waals surface area contributed by atoms with Crippen LogP contribution < -0.4 is 29.7 Å². The number of nitrogens with zero attached hydrogens (tertiary/aromatic N) is 1. The molecule has 0 fully saturated rings. The van der Waals surface area contributed by atoms with Crippen molar-refractivity contribution < 1.29 is 28.5 Å². The molecule has 2 N–H and O–H groups in total. The van der Waals surface area contributed by atoms with Crippen LogP contribution in [0.4, 0.5) is 0 Å². The van der Waals surface area contributed by atoms with Crippen LogP contribution in [0.5, 0.6) is 23.0 Å². The zero-order valence-corrected chi connectivity index (χ0v) is 17.6. The maximum Gasteiger partial charge on any atom is 0.259 e. The van der Waals surface area contributed by atoms with Crippen molar-refractivity contribution in [2.75, 3.05) is 34.5 Å². The fourth-order valence-corrected chi connectivity index (χ4v) is 2.56. The van der Waals surface area contributed by atoms with Gasteiger partial charge in [0, 0.05) is 11.1 Å². The van der Waals surface area contributed by atoms with Gasteiger partial charge in [0.1, 0.15) is 12.4 Å². The monoisotopic (exact) mass is 427 g/mol. The second-order valence-corrected chi connectivity index (χ2v) is 6.03. The summed E-state index contributed by atoms with van der Waals surface area (Å²) in [5, 5.41) is 6.41. The quantitative estimate of drug-likeness (QED) is 0.323. The van der Waals surface area contributed by atoms with E-state index >= 15 is 0 Å². The summed E-state index contributed by atoms with van der Waals surface area (Å²) >= 11 is 0. The number of hydrogen-bond donors (Lipinski definition) is 2. The number of carbonyl (C=O) groups is 2.